The van der Waals surface area contributed by atoms with Crippen LogP contribution in [0.3, 0.4) is 0 Å². The number of anilines is 2. The van der Waals surface area contributed by atoms with Gasteiger partial charge in [-0.05, 0) is 11.8 Å². The number of aryl methyl sites for hydroxylation is 1. The Labute approximate surface area is 114 Å². The average Bonchev–Trinajstić information content (AvgIpc) is 2.60. The summed E-state index contributed by atoms with van der Waals surface area (Å²) >= 11 is 0. The van der Waals surface area contributed by atoms with Crippen LogP contribution in [0.5, 0.6) is 0 Å². The third-order valence-electron chi connectivity index (χ3n) is 2.78. The molecule has 1 rings (SSSR count). The summed E-state index contributed by atoms with van der Waals surface area (Å²) in [4.78, 5) is 11.6. The Kier molecular flexibility index (Phi) is 5.20. The van der Waals surface area contributed by atoms with E-state index in [1.165, 1.54) is 0 Å². The number of carbonyl (C=O) groups is 1. The molecule has 0 aliphatic heterocycles. The molecule has 108 valence electrons. The van der Waals surface area contributed by atoms with Crippen molar-refractivity contribution in [1.29, 1.82) is 0 Å². The summed E-state index contributed by atoms with van der Waals surface area (Å²) in [6.07, 6.45) is 0. The first-order valence-electron chi connectivity index (χ1n) is 6.65. The second-order valence-electron chi connectivity index (χ2n) is 5.48. The molecular weight excluding hydrogens is 242 g/mol. The quantitative estimate of drug-likeness (QED) is 0.725. The van der Waals surface area contributed by atoms with Crippen LogP contribution in [0.4, 0.5) is 11.5 Å². The van der Waals surface area contributed by atoms with E-state index in [-0.39, 0.29) is 18.4 Å². The fraction of sp³-hybridized carbons (Fsp3) is 0.692. The van der Waals surface area contributed by atoms with Crippen LogP contribution in [0.1, 0.15) is 39.3 Å². The fourth-order valence-corrected chi connectivity index (χ4v) is 1.74. The van der Waals surface area contributed by atoms with Gasteiger partial charge in [-0.15, -0.1) is 0 Å². The molecule has 0 aliphatic rings. The van der Waals surface area contributed by atoms with Crippen molar-refractivity contribution >= 4 is 17.4 Å². The number of amides is 1. The molecule has 1 heterocycles. The monoisotopic (exact) mass is 267 g/mol. The molecule has 0 aromatic carbocycles. The Hall–Kier alpha value is -1.72. The van der Waals surface area contributed by atoms with Crippen molar-refractivity contribution in [2.24, 2.45) is 13.0 Å². The summed E-state index contributed by atoms with van der Waals surface area (Å²) < 4.78 is 1.68. The number of aromatic nitrogens is 2. The van der Waals surface area contributed by atoms with Gasteiger partial charge in [0.25, 0.3) is 0 Å². The van der Waals surface area contributed by atoms with Crippen molar-refractivity contribution in [2.75, 3.05) is 24.1 Å². The third-order valence-corrected chi connectivity index (χ3v) is 2.78. The van der Waals surface area contributed by atoms with E-state index in [4.69, 9.17) is 5.73 Å². The minimum Gasteiger partial charge on any atom is -0.394 e. The number of nitrogens with one attached hydrogen (secondary N) is 2. The molecule has 0 unspecified atom stereocenters. The summed E-state index contributed by atoms with van der Waals surface area (Å²) in [5, 5.41) is 10.3. The summed E-state index contributed by atoms with van der Waals surface area (Å²) in [5.41, 5.74) is 7.51. The smallest absolute Gasteiger partial charge is 0.239 e. The fourth-order valence-electron chi connectivity index (χ4n) is 1.74. The molecule has 0 bridgehead atoms. The molecule has 4 N–H and O–H groups in total. The lowest BCUT2D eigenvalue weighted by atomic mass is 10.1. The van der Waals surface area contributed by atoms with Crippen molar-refractivity contribution in [2.45, 2.75) is 33.6 Å². The van der Waals surface area contributed by atoms with Crippen LogP contribution in [-0.4, -0.2) is 28.8 Å². The van der Waals surface area contributed by atoms with Crippen molar-refractivity contribution < 1.29 is 4.79 Å². The maximum absolute atomic E-state index is 11.6. The number of hydrogen-bond donors (Lipinski definition) is 3. The molecule has 0 saturated carbocycles. The number of nitrogens with two attached hydrogens (primary N) is 1. The molecule has 0 aliphatic carbocycles. The maximum Gasteiger partial charge on any atom is 0.239 e. The standard InChI is InChI=1S/C13H25N5O/c1-8(2)6-15-10(19)7-16-13-11(14)12(9(3)4)17-18(13)5/h8-9,16H,6-7,14H2,1-5H3,(H,15,19). The lowest BCUT2D eigenvalue weighted by Gasteiger charge is -2.10. The zero-order valence-corrected chi connectivity index (χ0v) is 12.4. The number of nitrogen functional groups attached to an aromatic ring is 1. The van der Waals surface area contributed by atoms with Crippen molar-refractivity contribution in [3.05, 3.63) is 5.69 Å². The highest BCUT2D eigenvalue weighted by Gasteiger charge is 2.16. The van der Waals surface area contributed by atoms with Crippen LogP contribution < -0.4 is 16.4 Å². The number of rotatable bonds is 6. The van der Waals surface area contributed by atoms with Gasteiger partial charge in [0.1, 0.15) is 5.82 Å². The first-order valence-corrected chi connectivity index (χ1v) is 6.65. The van der Waals surface area contributed by atoms with Gasteiger partial charge in [-0.3, -0.25) is 9.48 Å². The first-order chi connectivity index (χ1) is 8.82. The minimum atomic E-state index is -0.0413. The number of hydrogen-bond acceptors (Lipinski definition) is 4. The van der Waals surface area contributed by atoms with Crippen molar-refractivity contribution in [3.8, 4) is 0 Å². The van der Waals surface area contributed by atoms with Gasteiger partial charge in [0.05, 0.1) is 17.9 Å². The lowest BCUT2D eigenvalue weighted by molar-refractivity contribution is -0.119. The predicted molar refractivity (Wildman–Crippen MR) is 78.0 cm³/mol. The second-order valence-corrected chi connectivity index (χ2v) is 5.48. The molecule has 1 aromatic rings. The highest BCUT2D eigenvalue weighted by molar-refractivity contribution is 5.81. The van der Waals surface area contributed by atoms with Crippen LogP contribution in [0.25, 0.3) is 0 Å². The van der Waals surface area contributed by atoms with E-state index in [0.717, 1.165) is 5.69 Å². The van der Waals surface area contributed by atoms with Crippen LogP contribution in [0.15, 0.2) is 0 Å². The Balaban J connectivity index is 2.61. The van der Waals surface area contributed by atoms with E-state index < -0.39 is 0 Å². The zero-order chi connectivity index (χ0) is 14.6. The molecule has 0 atom stereocenters. The van der Waals surface area contributed by atoms with Gasteiger partial charge in [-0.25, -0.2) is 0 Å². The van der Waals surface area contributed by atoms with Gasteiger partial charge in [0.2, 0.25) is 5.91 Å². The van der Waals surface area contributed by atoms with Gasteiger partial charge >= 0.3 is 0 Å². The van der Waals surface area contributed by atoms with E-state index in [1.54, 1.807) is 4.68 Å². The second kappa shape index (κ2) is 6.45. The van der Waals surface area contributed by atoms with Crippen LogP contribution >= 0.6 is 0 Å². The van der Waals surface area contributed by atoms with Gasteiger partial charge in [-0.1, -0.05) is 27.7 Å². The zero-order valence-electron chi connectivity index (χ0n) is 12.4. The van der Waals surface area contributed by atoms with Crippen molar-refractivity contribution in [1.82, 2.24) is 15.1 Å². The van der Waals surface area contributed by atoms with Gasteiger partial charge in [-0.2, -0.15) is 5.10 Å². The van der Waals surface area contributed by atoms with E-state index in [0.29, 0.717) is 24.0 Å². The topological polar surface area (TPSA) is 85.0 Å². The molecular formula is C13H25N5O. The normalized spacial score (nSPS) is 11.1. The van der Waals surface area contributed by atoms with Crippen LogP contribution in [0, 0.1) is 5.92 Å². The largest absolute Gasteiger partial charge is 0.394 e. The Morgan fingerprint density at radius 3 is 2.47 bits per heavy atom. The highest BCUT2D eigenvalue weighted by Crippen LogP contribution is 2.27. The first kappa shape index (κ1) is 15.3. The molecule has 0 saturated heterocycles. The third kappa shape index (κ3) is 4.15. The summed E-state index contributed by atoms with van der Waals surface area (Å²) in [5.74, 6) is 1.36. The summed E-state index contributed by atoms with van der Waals surface area (Å²) in [7, 11) is 1.82. The van der Waals surface area contributed by atoms with Crippen LogP contribution in [0.2, 0.25) is 0 Å². The Morgan fingerprint density at radius 1 is 1.37 bits per heavy atom. The minimum absolute atomic E-state index is 0.0413. The Morgan fingerprint density at radius 2 is 2.00 bits per heavy atom. The molecule has 19 heavy (non-hydrogen) atoms. The van der Waals surface area contributed by atoms with Gasteiger partial charge in [0.15, 0.2) is 0 Å². The predicted octanol–water partition coefficient (Wildman–Crippen LogP) is 1.31. The van der Waals surface area contributed by atoms with Gasteiger partial charge < -0.3 is 16.4 Å². The number of nitrogens with zero attached hydrogens (tertiary/aromatic N) is 2. The molecule has 0 radical (unpaired) electrons. The molecule has 0 spiro atoms. The maximum atomic E-state index is 11.6. The Bertz CT molecular complexity index is 436. The summed E-state index contributed by atoms with van der Waals surface area (Å²) in [6, 6.07) is 0. The van der Waals surface area contributed by atoms with Gasteiger partial charge in [0, 0.05) is 13.6 Å². The highest BCUT2D eigenvalue weighted by atomic mass is 16.1. The average molecular weight is 267 g/mol. The van der Waals surface area contributed by atoms with Crippen LogP contribution in [-0.2, 0) is 11.8 Å². The van der Waals surface area contributed by atoms with E-state index in [2.05, 4.69) is 29.6 Å². The number of carbonyl (C=O) groups excluding carboxylic acids is 1. The molecule has 6 nitrogen and oxygen atoms in total. The van der Waals surface area contributed by atoms with Crippen molar-refractivity contribution in [3.63, 3.8) is 0 Å². The summed E-state index contributed by atoms with van der Waals surface area (Å²) in [6.45, 7) is 9.08. The molecule has 1 aromatic heterocycles. The molecule has 0 fully saturated rings. The molecule has 1 amide bonds. The SMILES string of the molecule is CC(C)CNC(=O)CNc1c(N)c(C(C)C)nn1C. The lowest BCUT2D eigenvalue weighted by Crippen LogP contribution is -2.32. The van der Waals surface area contributed by atoms with E-state index >= 15 is 0 Å². The van der Waals surface area contributed by atoms with E-state index in [1.807, 2.05) is 20.9 Å². The molecule has 6 heteroatoms. The van der Waals surface area contributed by atoms with E-state index in [9.17, 15) is 4.79 Å².